The van der Waals surface area contributed by atoms with Crippen LogP contribution in [0.25, 0.3) is 0 Å². The van der Waals surface area contributed by atoms with Crippen LogP contribution >= 0.6 is 0 Å². The molecule has 1 aliphatic carbocycles. The van der Waals surface area contributed by atoms with Gasteiger partial charge in [-0.15, -0.1) is 6.58 Å². The number of allylic oxidation sites excluding steroid dienone is 11. The molecular formula is C38H41N5O4. The molecule has 8 bridgehead atoms. The molecule has 47 heavy (non-hydrogen) atoms. The number of carbonyl (C=O) groups is 2. The molecule has 9 heteroatoms. The summed E-state index contributed by atoms with van der Waals surface area (Å²) in [4.78, 5) is 41.4. The number of aliphatic hydroxyl groups excluding tert-OH is 1. The molecule has 0 unspecified atom stereocenters. The summed E-state index contributed by atoms with van der Waals surface area (Å²) in [5.41, 5.74) is 12.2. The summed E-state index contributed by atoms with van der Waals surface area (Å²) in [5, 5.41) is 18.3. The van der Waals surface area contributed by atoms with Crippen LogP contribution in [0.1, 0.15) is 53.9 Å². The number of hydrogen-bond donors (Lipinski definition) is 3. The van der Waals surface area contributed by atoms with E-state index >= 15 is 0 Å². The van der Waals surface area contributed by atoms with E-state index in [4.69, 9.17) is 19.7 Å². The molecule has 3 atom stereocenters. The third-order valence-electron chi connectivity index (χ3n) is 9.99. The molecule has 1 amide bonds. The van der Waals surface area contributed by atoms with Crippen LogP contribution in [0, 0.1) is 17.8 Å². The van der Waals surface area contributed by atoms with Gasteiger partial charge in [-0.25, -0.2) is 15.0 Å². The number of methoxy groups -OCH3 is 1. The van der Waals surface area contributed by atoms with Crippen LogP contribution < -0.4 is 10.6 Å². The summed E-state index contributed by atoms with van der Waals surface area (Å²) >= 11 is 0. The number of hydrogen-bond acceptors (Lipinski definition) is 8. The highest BCUT2D eigenvalue weighted by Crippen LogP contribution is 2.49. The second kappa shape index (κ2) is 12.3. The number of nitrogens with zero attached hydrogens (tertiary/aromatic N) is 3. The van der Waals surface area contributed by atoms with E-state index in [-0.39, 0.29) is 42.4 Å². The molecule has 9 nitrogen and oxygen atoms in total. The van der Waals surface area contributed by atoms with Crippen molar-refractivity contribution in [1.82, 2.24) is 10.6 Å². The Balaban J connectivity index is 1.65. The van der Waals surface area contributed by atoms with Gasteiger partial charge in [0.15, 0.2) is 0 Å². The molecule has 3 N–H and O–H groups in total. The summed E-state index contributed by atoms with van der Waals surface area (Å²) in [6.45, 7) is 18.3. The normalized spacial score (nSPS) is 24.6. The van der Waals surface area contributed by atoms with Crippen LogP contribution in [0.5, 0.6) is 0 Å². The third-order valence-corrected chi connectivity index (χ3v) is 9.99. The van der Waals surface area contributed by atoms with Gasteiger partial charge in [-0.3, -0.25) is 9.59 Å². The van der Waals surface area contributed by atoms with Gasteiger partial charge in [-0.1, -0.05) is 32.6 Å². The molecule has 0 radical (unpaired) electrons. The van der Waals surface area contributed by atoms with Gasteiger partial charge in [-0.2, -0.15) is 0 Å². The Bertz CT molecular complexity index is 1900. The number of rotatable bonds is 8. The minimum Gasteiger partial charge on any atom is -0.510 e. The molecular weight excluding hydrogens is 590 g/mol. The predicted octanol–water partition coefficient (Wildman–Crippen LogP) is 6.33. The van der Waals surface area contributed by atoms with Crippen molar-refractivity contribution in [1.29, 1.82) is 0 Å². The fourth-order valence-electron chi connectivity index (χ4n) is 7.33. The Kier molecular flexibility index (Phi) is 8.34. The minimum atomic E-state index is -0.988. The second-order valence-electron chi connectivity index (χ2n) is 12.5. The average molecular weight is 632 g/mol. The highest BCUT2D eigenvalue weighted by Gasteiger charge is 2.48. The molecule has 0 aromatic rings. The first-order chi connectivity index (χ1) is 22.5. The SMILES string of the molecule is C=CCNC(=O)[C@@H]1C(O)=C2C3=NC(=C2C)C=C2N=C(C=C4N=C(C=C5NC(=C31)[C@@H](CCC(=O)OC)[C@@H]5C)C(C)=C4C=C)C(C)=C2CC. The summed E-state index contributed by atoms with van der Waals surface area (Å²) in [5.74, 6) is -1.97. The fraction of sp³-hybridized carbons (Fsp3) is 0.342. The summed E-state index contributed by atoms with van der Waals surface area (Å²) in [6, 6.07) is 0. The van der Waals surface area contributed by atoms with Crippen LogP contribution in [0.3, 0.4) is 0 Å². The molecule has 0 aromatic heterocycles. The van der Waals surface area contributed by atoms with Gasteiger partial charge in [-0.05, 0) is 74.1 Å². The largest absolute Gasteiger partial charge is 0.510 e. The van der Waals surface area contributed by atoms with Crippen LogP contribution in [-0.4, -0.2) is 47.8 Å². The van der Waals surface area contributed by atoms with E-state index in [2.05, 4.69) is 44.6 Å². The zero-order chi connectivity index (χ0) is 33.7. The maximum Gasteiger partial charge on any atom is 0.305 e. The number of amides is 1. The van der Waals surface area contributed by atoms with Crippen molar-refractivity contribution in [3.05, 3.63) is 117 Å². The molecule has 1 fully saturated rings. The number of aliphatic imine (C=N–C) groups is 3. The predicted molar refractivity (Wildman–Crippen MR) is 186 cm³/mol. The zero-order valence-electron chi connectivity index (χ0n) is 27.9. The first-order valence-electron chi connectivity index (χ1n) is 16.1. The van der Waals surface area contributed by atoms with Gasteiger partial charge < -0.3 is 20.5 Å². The van der Waals surface area contributed by atoms with E-state index < -0.39 is 5.92 Å². The Morgan fingerprint density at radius 3 is 2.45 bits per heavy atom. The van der Waals surface area contributed by atoms with E-state index in [0.717, 1.165) is 68.5 Å². The molecule has 0 aromatic carbocycles. The first kappa shape index (κ1) is 31.9. The highest BCUT2D eigenvalue weighted by atomic mass is 16.5. The third kappa shape index (κ3) is 5.14. The van der Waals surface area contributed by atoms with Crippen LogP contribution in [0.15, 0.2) is 132 Å². The van der Waals surface area contributed by atoms with Crippen molar-refractivity contribution in [3.8, 4) is 0 Å². The standard InChI is InChI=1S/C38H41N5O4/c1-9-14-39-38(46)34-33-35-24(12-13-31(44)47-8)20(6)27(42-35)15-25-18(4)22(10-2)29(40-25)16-26-19(5)23(11-3)30(41-26)17-28-21(7)32(37(34)45)36(33)43-28/h9-10,15-17,20,24,34,42,45H,1-2,11-14H2,3-8H3,(H,39,46)/t20-,24-,34-/m0/s1. The molecule has 0 spiro atoms. The number of esters is 1. The lowest BCUT2D eigenvalue weighted by molar-refractivity contribution is -0.141. The molecule has 5 heterocycles. The van der Waals surface area contributed by atoms with Crippen molar-refractivity contribution in [3.63, 3.8) is 0 Å². The zero-order valence-corrected chi connectivity index (χ0v) is 27.9. The van der Waals surface area contributed by atoms with Gasteiger partial charge in [0.05, 0.1) is 41.3 Å². The average Bonchev–Trinajstić information content (AvgIpc) is 3.79. The Morgan fingerprint density at radius 1 is 1.04 bits per heavy atom. The van der Waals surface area contributed by atoms with Crippen molar-refractivity contribution < 1.29 is 19.4 Å². The maximum atomic E-state index is 13.8. The van der Waals surface area contributed by atoms with E-state index in [0.29, 0.717) is 29.0 Å². The monoisotopic (exact) mass is 631 g/mol. The molecule has 6 rings (SSSR count). The number of ether oxygens (including phenoxy) is 1. The van der Waals surface area contributed by atoms with E-state index in [9.17, 15) is 14.7 Å². The number of fused-ring (bicyclic) bond motifs is 5. The number of carbonyl (C=O) groups excluding carboxylic acids is 2. The molecule has 6 aliphatic rings. The molecule has 5 aliphatic heterocycles. The lowest BCUT2D eigenvalue weighted by Crippen LogP contribution is -2.34. The van der Waals surface area contributed by atoms with E-state index in [1.54, 1.807) is 6.08 Å². The highest BCUT2D eigenvalue weighted by molar-refractivity contribution is 6.24. The number of aliphatic hydroxyl groups is 1. The Hall–Kier alpha value is -5.05. The maximum absolute atomic E-state index is 13.8. The van der Waals surface area contributed by atoms with Gasteiger partial charge in [0.25, 0.3) is 0 Å². The van der Waals surface area contributed by atoms with Crippen molar-refractivity contribution in [2.75, 3.05) is 13.7 Å². The first-order valence-corrected chi connectivity index (χ1v) is 16.1. The van der Waals surface area contributed by atoms with E-state index in [1.165, 1.54) is 7.11 Å². The minimum absolute atomic E-state index is 0.0429. The van der Waals surface area contributed by atoms with Crippen LogP contribution in [0.4, 0.5) is 0 Å². The van der Waals surface area contributed by atoms with E-state index in [1.807, 2.05) is 38.2 Å². The quantitative estimate of drug-likeness (QED) is 0.214. The lowest BCUT2D eigenvalue weighted by Gasteiger charge is -2.21. The fourth-order valence-corrected chi connectivity index (χ4v) is 7.33. The smallest absolute Gasteiger partial charge is 0.305 e. The van der Waals surface area contributed by atoms with Crippen molar-refractivity contribution in [2.45, 2.75) is 53.9 Å². The van der Waals surface area contributed by atoms with Gasteiger partial charge in [0.2, 0.25) is 5.91 Å². The topological polar surface area (TPSA) is 125 Å². The Labute approximate surface area is 275 Å². The van der Waals surface area contributed by atoms with Gasteiger partial charge >= 0.3 is 5.97 Å². The molecule has 0 saturated carbocycles. The lowest BCUT2D eigenvalue weighted by atomic mass is 9.84. The summed E-state index contributed by atoms with van der Waals surface area (Å²) < 4.78 is 5.00. The van der Waals surface area contributed by atoms with Crippen LogP contribution in [-0.2, 0) is 14.3 Å². The molecule has 242 valence electrons. The van der Waals surface area contributed by atoms with Crippen molar-refractivity contribution in [2.24, 2.45) is 32.7 Å². The van der Waals surface area contributed by atoms with Gasteiger partial charge in [0.1, 0.15) is 11.7 Å². The summed E-state index contributed by atoms with van der Waals surface area (Å²) in [6.07, 6.45) is 10.9. The number of nitrogens with one attached hydrogen (secondary N) is 2. The Morgan fingerprint density at radius 2 is 1.77 bits per heavy atom. The summed E-state index contributed by atoms with van der Waals surface area (Å²) in [7, 11) is 1.38. The molecule has 1 saturated heterocycles. The van der Waals surface area contributed by atoms with Gasteiger partial charge in [0, 0.05) is 52.9 Å². The second-order valence-corrected chi connectivity index (χ2v) is 12.5. The van der Waals surface area contributed by atoms with Crippen molar-refractivity contribution >= 4 is 29.0 Å². The van der Waals surface area contributed by atoms with Crippen LogP contribution in [0.2, 0.25) is 0 Å².